The molecule has 0 saturated heterocycles. The molecule has 3 aromatic rings. The molecule has 2 aromatic carbocycles. The van der Waals surface area contributed by atoms with E-state index in [1.807, 2.05) is 54.8 Å². The number of aryl methyl sites for hydroxylation is 1. The zero-order valence-corrected chi connectivity index (χ0v) is 15.1. The maximum Gasteiger partial charge on any atom is 0.331 e. The van der Waals surface area contributed by atoms with E-state index >= 15 is 0 Å². The average Bonchev–Trinajstić information content (AvgIpc) is 3.12. The lowest BCUT2D eigenvalue weighted by Gasteiger charge is -2.19. The van der Waals surface area contributed by atoms with E-state index in [9.17, 15) is 9.59 Å². The van der Waals surface area contributed by atoms with Gasteiger partial charge in [-0.05, 0) is 19.1 Å². The number of rotatable bonds is 5. The Balaban J connectivity index is 1.82. The highest BCUT2D eigenvalue weighted by Gasteiger charge is 2.19. The smallest absolute Gasteiger partial charge is 0.318 e. The van der Waals surface area contributed by atoms with Gasteiger partial charge < -0.3 is 4.84 Å². The fourth-order valence-corrected chi connectivity index (χ4v) is 2.93. The molecule has 0 bridgehead atoms. The Morgan fingerprint density at radius 3 is 2.42 bits per heavy atom. The second kappa shape index (κ2) is 7.79. The summed E-state index contributed by atoms with van der Waals surface area (Å²) in [5.74, 6) is -0.964. The van der Waals surface area contributed by atoms with Gasteiger partial charge >= 0.3 is 5.97 Å². The van der Waals surface area contributed by atoms with Crippen molar-refractivity contribution < 1.29 is 14.4 Å². The Hall–Kier alpha value is -3.19. The molecule has 0 fully saturated rings. The molecule has 3 rings (SSSR count). The number of nitrogens with one attached hydrogen (secondary N) is 1. The van der Waals surface area contributed by atoms with Crippen molar-refractivity contribution in [3.05, 3.63) is 71.1 Å². The number of carbonyl (C=O) groups is 2. The molecule has 6 nitrogen and oxygen atoms in total. The maximum absolute atomic E-state index is 12.4. The number of benzene rings is 2. The molecule has 0 radical (unpaired) electrons. The van der Waals surface area contributed by atoms with Crippen LogP contribution in [0, 0.1) is 6.92 Å². The van der Waals surface area contributed by atoms with Gasteiger partial charge in [0.1, 0.15) is 0 Å². The Bertz CT molecular complexity index is 907. The van der Waals surface area contributed by atoms with Crippen molar-refractivity contribution in [1.29, 1.82) is 0 Å². The molecule has 0 aliphatic rings. The van der Waals surface area contributed by atoms with Gasteiger partial charge in [-0.25, -0.2) is 15.2 Å². The van der Waals surface area contributed by atoms with Crippen LogP contribution in [0.3, 0.4) is 0 Å². The third kappa shape index (κ3) is 4.25. The van der Waals surface area contributed by atoms with E-state index in [-0.39, 0.29) is 0 Å². The molecule has 0 unspecified atom stereocenters. The number of hydrogen-bond donors (Lipinski definition) is 1. The number of nitrogens with zero attached hydrogens (tertiary/aromatic N) is 2. The SMILES string of the molecule is CC(=O)ON(NC(=O)c1ccc(C)cc1)c1nc(-c2ccccc2)cs1. The Labute approximate surface area is 155 Å². The normalized spacial score (nSPS) is 10.2. The lowest BCUT2D eigenvalue weighted by molar-refractivity contribution is -0.143. The van der Waals surface area contributed by atoms with Gasteiger partial charge in [0.05, 0.1) is 5.69 Å². The third-order valence-electron chi connectivity index (χ3n) is 3.47. The van der Waals surface area contributed by atoms with Gasteiger partial charge in [-0.3, -0.25) is 4.79 Å². The van der Waals surface area contributed by atoms with Gasteiger partial charge in [0, 0.05) is 23.4 Å². The van der Waals surface area contributed by atoms with Crippen molar-refractivity contribution in [3.8, 4) is 11.3 Å². The molecule has 7 heteroatoms. The topological polar surface area (TPSA) is 71.5 Å². The van der Waals surface area contributed by atoms with Crippen LogP contribution in [0.4, 0.5) is 5.13 Å². The molecule has 132 valence electrons. The van der Waals surface area contributed by atoms with Crippen molar-refractivity contribution in [2.75, 3.05) is 5.17 Å². The minimum atomic E-state index is -0.564. The van der Waals surface area contributed by atoms with Crippen LogP contribution in [-0.4, -0.2) is 16.9 Å². The van der Waals surface area contributed by atoms with E-state index in [1.54, 1.807) is 12.1 Å². The van der Waals surface area contributed by atoms with Crippen LogP contribution in [-0.2, 0) is 9.63 Å². The van der Waals surface area contributed by atoms with Gasteiger partial charge in [-0.15, -0.1) is 0 Å². The fraction of sp³-hybridized carbons (Fsp3) is 0.105. The number of hydrazine groups is 1. The van der Waals surface area contributed by atoms with Crippen LogP contribution in [0.15, 0.2) is 60.0 Å². The summed E-state index contributed by atoms with van der Waals surface area (Å²) < 4.78 is 0. The predicted octanol–water partition coefficient (Wildman–Crippen LogP) is 3.75. The summed E-state index contributed by atoms with van der Waals surface area (Å²) in [5, 5.41) is 3.18. The minimum absolute atomic E-state index is 0.347. The molecule has 26 heavy (non-hydrogen) atoms. The van der Waals surface area contributed by atoms with E-state index in [0.29, 0.717) is 10.7 Å². The quantitative estimate of drug-likeness (QED) is 0.696. The number of hydrogen-bond acceptors (Lipinski definition) is 6. The molecular weight excluding hydrogens is 350 g/mol. The minimum Gasteiger partial charge on any atom is -0.318 e. The molecule has 1 heterocycles. The molecule has 0 aliphatic carbocycles. The highest BCUT2D eigenvalue weighted by Crippen LogP contribution is 2.27. The summed E-state index contributed by atoms with van der Waals surface area (Å²) in [4.78, 5) is 33.4. The van der Waals surface area contributed by atoms with Crippen LogP contribution >= 0.6 is 11.3 Å². The van der Waals surface area contributed by atoms with Crippen LogP contribution in [0.5, 0.6) is 0 Å². The monoisotopic (exact) mass is 367 g/mol. The molecule has 0 atom stereocenters. The fourth-order valence-electron chi connectivity index (χ4n) is 2.20. The van der Waals surface area contributed by atoms with Crippen molar-refractivity contribution in [2.45, 2.75) is 13.8 Å². The second-order valence-corrected chi connectivity index (χ2v) is 6.40. The van der Waals surface area contributed by atoms with Crippen molar-refractivity contribution >= 4 is 28.3 Å². The zero-order chi connectivity index (χ0) is 18.5. The van der Waals surface area contributed by atoms with Crippen molar-refractivity contribution in [3.63, 3.8) is 0 Å². The molecule has 1 N–H and O–H groups in total. The summed E-state index contributed by atoms with van der Waals surface area (Å²) in [7, 11) is 0. The highest BCUT2D eigenvalue weighted by molar-refractivity contribution is 7.14. The van der Waals surface area contributed by atoms with E-state index < -0.39 is 11.9 Å². The first-order valence-corrected chi connectivity index (χ1v) is 8.78. The highest BCUT2D eigenvalue weighted by atomic mass is 32.1. The number of aromatic nitrogens is 1. The van der Waals surface area contributed by atoms with Crippen LogP contribution in [0.25, 0.3) is 11.3 Å². The van der Waals surface area contributed by atoms with E-state index in [2.05, 4.69) is 10.4 Å². The predicted molar refractivity (Wildman–Crippen MR) is 100 cm³/mol. The molecule has 1 aromatic heterocycles. The van der Waals surface area contributed by atoms with E-state index in [0.717, 1.165) is 22.0 Å². The first kappa shape index (κ1) is 17.6. The zero-order valence-electron chi connectivity index (χ0n) is 14.3. The van der Waals surface area contributed by atoms with Gasteiger partial charge in [0.15, 0.2) is 0 Å². The van der Waals surface area contributed by atoms with Gasteiger partial charge in [-0.2, -0.15) is 0 Å². The molecule has 0 aliphatic heterocycles. The second-order valence-electron chi connectivity index (χ2n) is 5.57. The Kier molecular flexibility index (Phi) is 5.28. The summed E-state index contributed by atoms with van der Waals surface area (Å²) >= 11 is 1.26. The first-order valence-electron chi connectivity index (χ1n) is 7.90. The lowest BCUT2D eigenvalue weighted by atomic mass is 10.1. The third-order valence-corrected chi connectivity index (χ3v) is 4.28. The van der Waals surface area contributed by atoms with Crippen molar-refractivity contribution in [1.82, 2.24) is 10.4 Å². The maximum atomic E-state index is 12.4. The lowest BCUT2D eigenvalue weighted by Crippen LogP contribution is -2.43. The number of amides is 1. The average molecular weight is 367 g/mol. The largest absolute Gasteiger partial charge is 0.331 e. The molecular formula is C19H17N3O3S. The Morgan fingerprint density at radius 2 is 1.77 bits per heavy atom. The molecule has 1 amide bonds. The van der Waals surface area contributed by atoms with Crippen molar-refractivity contribution in [2.24, 2.45) is 0 Å². The summed E-state index contributed by atoms with van der Waals surface area (Å²) in [6.07, 6.45) is 0. The number of anilines is 1. The van der Waals surface area contributed by atoms with Crippen LogP contribution in [0.1, 0.15) is 22.8 Å². The first-order chi connectivity index (χ1) is 12.5. The summed E-state index contributed by atoms with van der Waals surface area (Å²) in [6, 6.07) is 16.7. The van der Waals surface area contributed by atoms with Gasteiger partial charge in [0.2, 0.25) is 5.13 Å². The summed E-state index contributed by atoms with van der Waals surface area (Å²) in [5.41, 5.74) is 5.72. The Morgan fingerprint density at radius 1 is 1.08 bits per heavy atom. The van der Waals surface area contributed by atoms with E-state index in [1.165, 1.54) is 18.3 Å². The number of thiazole rings is 1. The van der Waals surface area contributed by atoms with E-state index in [4.69, 9.17) is 4.84 Å². The molecule has 0 spiro atoms. The molecule has 0 saturated carbocycles. The van der Waals surface area contributed by atoms with Crippen LogP contribution in [0.2, 0.25) is 0 Å². The van der Waals surface area contributed by atoms with Crippen LogP contribution < -0.4 is 10.6 Å². The number of carbonyl (C=O) groups excluding carboxylic acids is 2. The van der Waals surface area contributed by atoms with Gasteiger partial charge in [-0.1, -0.05) is 64.5 Å². The standard InChI is InChI=1S/C19H17N3O3S/c1-13-8-10-16(11-9-13)18(24)21-22(25-14(2)23)19-20-17(12-26-19)15-6-4-3-5-7-15/h3-12H,1-2H3,(H,21,24). The van der Waals surface area contributed by atoms with Gasteiger partial charge in [0.25, 0.3) is 5.91 Å². The summed E-state index contributed by atoms with van der Waals surface area (Å²) in [6.45, 7) is 3.20.